The number of rotatable bonds is 7. The van der Waals surface area contributed by atoms with Gasteiger partial charge in [0.25, 0.3) is 5.91 Å². The van der Waals surface area contributed by atoms with E-state index in [0.29, 0.717) is 21.6 Å². The number of carbonyl (C=O) groups is 1. The van der Waals surface area contributed by atoms with Gasteiger partial charge in [-0.25, -0.2) is 5.43 Å². The van der Waals surface area contributed by atoms with Crippen molar-refractivity contribution in [1.29, 1.82) is 0 Å². The van der Waals surface area contributed by atoms with Gasteiger partial charge in [-0.15, -0.1) is 10.2 Å². The number of thioether (sulfide) groups is 1. The second-order valence-corrected chi connectivity index (χ2v) is 7.87. The summed E-state index contributed by atoms with van der Waals surface area (Å²) in [5, 5.41) is 23.4. The minimum atomic E-state index is -0.321. The summed E-state index contributed by atoms with van der Waals surface area (Å²) in [7, 11) is 0. The molecule has 8 nitrogen and oxygen atoms in total. The fourth-order valence-electron chi connectivity index (χ4n) is 2.81. The van der Waals surface area contributed by atoms with Crippen LogP contribution in [0.2, 0.25) is 5.02 Å². The highest BCUT2D eigenvalue weighted by Gasteiger charge is 2.17. The van der Waals surface area contributed by atoms with Crippen molar-refractivity contribution in [3.05, 3.63) is 83.6 Å². The van der Waals surface area contributed by atoms with Crippen molar-refractivity contribution >= 4 is 35.5 Å². The number of halogens is 1. The molecule has 0 bridgehead atoms. The standard InChI is InChI=1S/C22H17ClN6O2S/c23-17-5-7-18(8-6-17)29-21(15-9-11-24-12-10-15)27-28-22(29)32-14-20(31)26-25-13-16-3-1-2-4-19(16)30/h1-13,30H,14H2,(H,26,31). The first kappa shape index (κ1) is 21.5. The van der Waals surface area contributed by atoms with Crippen LogP contribution in [0.4, 0.5) is 0 Å². The Hall–Kier alpha value is -3.69. The van der Waals surface area contributed by atoms with E-state index in [9.17, 15) is 9.90 Å². The first-order valence-electron chi connectivity index (χ1n) is 9.46. The SMILES string of the molecule is O=C(CSc1nnc(-c2ccncc2)n1-c1ccc(Cl)cc1)NN=Cc1ccccc1O. The van der Waals surface area contributed by atoms with E-state index < -0.39 is 0 Å². The summed E-state index contributed by atoms with van der Waals surface area (Å²) in [6.07, 6.45) is 4.74. The largest absolute Gasteiger partial charge is 0.507 e. The molecule has 1 amide bonds. The lowest BCUT2D eigenvalue weighted by atomic mass is 10.2. The zero-order chi connectivity index (χ0) is 22.3. The predicted octanol–water partition coefficient (Wildman–Crippen LogP) is 3.93. The number of hydrogen-bond donors (Lipinski definition) is 2. The lowest BCUT2D eigenvalue weighted by Gasteiger charge is -2.10. The Labute approximate surface area is 193 Å². The molecule has 0 unspecified atom stereocenters. The number of phenolic OH excluding ortho intramolecular Hbond substituents is 1. The van der Waals surface area contributed by atoms with E-state index in [0.717, 1.165) is 11.3 Å². The van der Waals surface area contributed by atoms with Crippen LogP contribution in [0.3, 0.4) is 0 Å². The van der Waals surface area contributed by atoms with Crippen molar-refractivity contribution < 1.29 is 9.90 Å². The molecule has 0 spiro atoms. The first-order chi connectivity index (χ1) is 15.6. The molecular formula is C22H17ClN6O2S. The molecule has 0 aliphatic heterocycles. The lowest BCUT2D eigenvalue weighted by Crippen LogP contribution is -2.20. The van der Waals surface area contributed by atoms with Crippen LogP contribution in [-0.2, 0) is 4.79 Å². The molecule has 160 valence electrons. The number of aromatic hydroxyl groups is 1. The number of amides is 1. The smallest absolute Gasteiger partial charge is 0.250 e. The Morgan fingerprint density at radius 2 is 1.84 bits per heavy atom. The number of pyridine rings is 1. The molecule has 0 saturated carbocycles. The van der Waals surface area contributed by atoms with E-state index in [-0.39, 0.29) is 17.4 Å². The molecule has 0 radical (unpaired) electrons. The van der Waals surface area contributed by atoms with E-state index >= 15 is 0 Å². The van der Waals surface area contributed by atoms with Crippen molar-refractivity contribution in [1.82, 2.24) is 25.2 Å². The number of nitrogens with one attached hydrogen (secondary N) is 1. The highest BCUT2D eigenvalue weighted by molar-refractivity contribution is 7.99. The molecule has 2 heterocycles. The van der Waals surface area contributed by atoms with Crippen LogP contribution in [0.15, 0.2) is 83.3 Å². The Morgan fingerprint density at radius 3 is 2.59 bits per heavy atom. The first-order valence-corrected chi connectivity index (χ1v) is 10.8. The molecule has 0 aliphatic carbocycles. The Balaban J connectivity index is 1.51. The summed E-state index contributed by atoms with van der Waals surface area (Å²) in [6.45, 7) is 0. The minimum Gasteiger partial charge on any atom is -0.507 e. The number of benzene rings is 2. The summed E-state index contributed by atoms with van der Waals surface area (Å²) in [6, 6.07) is 17.7. The van der Waals surface area contributed by atoms with Gasteiger partial charge in [0, 0.05) is 34.2 Å². The van der Waals surface area contributed by atoms with Crippen LogP contribution in [0.5, 0.6) is 5.75 Å². The predicted molar refractivity (Wildman–Crippen MR) is 124 cm³/mol. The summed E-state index contributed by atoms with van der Waals surface area (Å²) >= 11 is 7.26. The van der Waals surface area contributed by atoms with Gasteiger partial charge in [-0.2, -0.15) is 5.10 Å². The maximum absolute atomic E-state index is 12.3. The summed E-state index contributed by atoms with van der Waals surface area (Å²) in [5.74, 6) is 0.452. The maximum Gasteiger partial charge on any atom is 0.250 e. The average Bonchev–Trinajstić information content (AvgIpc) is 3.24. The van der Waals surface area contributed by atoms with Gasteiger partial charge in [0.15, 0.2) is 11.0 Å². The fraction of sp³-hybridized carbons (Fsp3) is 0.0455. The molecule has 0 saturated heterocycles. The molecule has 4 aromatic rings. The van der Waals surface area contributed by atoms with Crippen LogP contribution >= 0.6 is 23.4 Å². The van der Waals surface area contributed by atoms with Gasteiger partial charge in [0.05, 0.1) is 12.0 Å². The highest BCUT2D eigenvalue weighted by Crippen LogP contribution is 2.28. The maximum atomic E-state index is 12.3. The molecule has 2 aromatic carbocycles. The molecule has 2 N–H and O–H groups in total. The number of carbonyl (C=O) groups excluding carboxylic acids is 1. The zero-order valence-corrected chi connectivity index (χ0v) is 18.2. The number of nitrogens with zero attached hydrogens (tertiary/aromatic N) is 5. The van der Waals surface area contributed by atoms with Gasteiger partial charge in [-0.1, -0.05) is 35.5 Å². The molecule has 2 aromatic heterocycles. The zero-order valence-electron chi connectivity index (χ0n) is 16.6. The summed E-state index contributed by atoms with van der Waals surface area (Å²) in [4.78, 5) is 16.3. The van der Waals surface area contributed by atoms with Gasteiger partial charge in [-0.3, -0.25) is 14.3 Å². The third kappa shape index (κ3) is 5.13. The van der Waals surface area contributed by atoms with Crippen LogP contribution in [0.25, 0.3) is 17.1 Å². The lowest BCUT2D eigenvalue weighted by molar-refractivity contribution is -0.118. The van der Waals surface area contributed by atoms with Crippen molar-refractivity contribution in [3.63, 3.8) is 0 Å². The molecule has 0 aliphatic rings. The topological polar surface area (TPSA) is 105 Å². The second-order valence-electron chi connectivity index (χ2n) is 6.49. The summed E-state index contributed by atoms with van der Waals surface area (Å²) < 4.78 is 1.86. The second kappa shape index (κ2) is 10.1. The van der Waals surface area contributed by atoms with Gasteiger partial charge in [0.2, 0.25) is 0 Å². The van der Waals surface area contributed by atoms with Gasteiger partial charge in [-0.05, 0) is 48.5 Å². The Morgan fingerprint density at radius 1 is 1.09 bits per heavy atom. The van der Waals surface area contributed by atoms with E-state index in [4.69, 9.17) is 11.6 Å². The number of aromatic nitrogens is 4. The van der Waals surface area contributed by atoms with E-state index in [2.05, 4.69) is 25.7 Å². The monoisotopic (exact) mass is 464 g/mol. The van der Waals surface area contributed by atoms with E-state index in [1.807, 2.05) is 28.8 Å². The van der Waals surface area contributed by atoms with Crippen molar-refractivity contribution in [2.75, 3.05) is 5.75 Å². The van der Waals surface area contributed by atoms with E-state index in [1.54, 1.807) is 48.8 Å². The third-order valence-electron chi connectivity index (χ3n) is 4.32. The average molecular weight is 465 g/mol. The third-order valence-corrected chi connectivity index (χ3v) is 5.50. The van der Waals surface area contributed by atoms with Crippen LogP contribution in [-0.4, -0.2) is 42.7 Å². The molecular weight excluding hydrogens is 448 g/mol. The van der Waals surface area contributed by atoms with Crippen molar-refractivity contribution in [2.24, 2.45) is 5.10 Å². The Kier molecular flexibility index (Phi) is 6.78. The molecule has 0 atom stereocenters. The fourth-order valence-corrected chi connectivity index (χ4v) is 3.68. The van der Waals surface area contributed by atoms with Gasteiger partial charge in [0.1, 0.15) is 5.75 Å². The molecule has 0 fully saturated rings. The number of hydrogen-bond acceptors (Lipinski definition) is 7. The molecule has 4 rings (SSSR count). The number of hydrazone groups is 1. The van der Waals surface area contributed by atoms with Crippen LogP contribution in [0, 0.1) is 0 Å². The van der Waals surface area contributed by atoms with Gasteiger partial charge >= 0.3 is 0 Å². The van der Waals surface area contributed by atoms with Gasteiger partial charge < -0.3 is 5.11 Å². The van der Waals surface area contributed by atoms with Crippen LogP contribution in [0.1, 0.15) is 5.56 Å². The molecule has 32 heavy (non-hydrogen) atoms. The van der Waals surface area contributed by atoms with Crippen molar-refractivity contribution in [3.8, 4) is 22.8 Å². The summed E-state index contributed by atoms with van der Waals surface area (Å²) in [5.41, 5.74) is 4.60. The van der Waals surface area contributed by atoms with Crippen LogP contribution < -0.4 is 5.43 Å². The van der Waals surface area contributed by atoms with Crippen molar-refractivity contribution in [2.45, 2.75) is 5.16 Å². The highest BCUT2D eigenvalue weighted by atomic mass is 35.5. The number of para-hydroxylation sites is 1. The quantitative estimate of drug-likeness (QED) is 0.244. The number of phenols is 1. The normalized spacial score (nSPS) is 11.0. The minimum absolute atomic E-state index is 0.0696. The Bertz CT molecular complexity index is 1250. The molecule has 10 heteroatoms. The van der Waals surface area contributed by atoms with E-state index in [1.165, 1.54) is 18.0 Å².